The quantitative estimate of drug-likeness (QED) is 0.497. The molecule has 0 saturated carbocycles. The molecule has 3 nitrogen and oxygen atoms in total. The van der Waals surface area contributed by atoms with Gasteiger partial charge in [-0.05, 0) is 0 Å². The lowest BCUT2D eigenvalue weighted by atomic mass is 10.9. The Morgan fingerprint density at radius 2 is 1.73 bits per heavy atom. The second kappa shape index (κ2) is 6.22. The van der Waals surface area contributed by atoms with Crippen LogP contribution in [0.25, 0.3) is 0 Å². The standard InChI is InChI=1S/C5H12Cl2O3Si/c1-8-11(5-7,9-2)10-4-3-6/h3-5H2,1-2H3. The highest BCUT2D eigenvalue weighted by Gasteiger charge is 2.37. The molecule has 6 heteroatoms. The molecule has 0 N–H and O–H groups in total. The first-order valence-corrected chi connectivity index (χ1v) is 6.11. The van der Waals surface area contributed by atoms with Gasteiger partial charge in [-0.2, -0.15) is 0 Å². The van der Waals surface area contributed by atoms with E-state index in [1.807, 2.05) is 0 Å². The van der Waals surface area contributed by atoms with E-state index in [-0.39, 0.29) is 5.50 Å². The third-order valence-corrected chi connectivity index (χ3v) is 4.54. The lowest BCUT2D eigenvalue weighted by Gasteiger charge is -2.23. The maximum absolute atomic E-state index is 5.60. The molecule has 0 rings (SSSR count). The van der Waals surface area contributed by atoms with E-state index in [9.17, 15) is 0 Å². The molecule has 0 aliphatic carbocycles. The number of hydrogen-bond acceptors (Lipinski definition) is 3. The van der Waals surface area contributed by atoms with Crippen molar-refractivity contribution in [3.05, 3.63) is 0 Å². The molecule has 0 heterocycles. The predicted octanol–water partition coefficient (Wildman–Crippen LogP) is 1.25. The van der Waals surface area contributed by atoms with Crippen molar-refractivity contribution in [2.75, 3.05) is 32.2 Å². The van der Waals surface area contributed by atoms with E-state index in [1.54, 1.807) is 0 Å². The minimum absolute atomic E-state index is 0.247. The summed E-state index contributed by atoms with van der Waals surface area (Å²) in [7, 11) is 0.483. The summed E-state index contributed by atoms with van der Waals surface area (Å²) in [4.78, 5) is 0. The zero-order valence-corrected chi connectivity index (χ0v) is 9.11. The van der Waals surface area contributed by atoms with Gasteiger partial charge >= 0.3 is 8.80 Å². The predicted molar refractivity (Wildman–Crippen MR) is 47.2 cm³/mol. The van der Waals surface area contributed by atoms with Crippen molar-refractivity contribution < 1.29 is 13.3 Å². The van der Waals surface area contributed by atoms with Gasteiger partial charge in [0.15, 0.2) is 0 Å². The van der Waals surface area contributed by atoms with Crippen LogP contribution in [0.4, 0.5) is 0 Å². The topological polar surface area (TPSA) is 27.7 Å². The van der Waals surface area contributed by atoms with Crippen LogP contribution in [0.5, 0.6) is 0 Å². The maximum Gasteiger partial charge on any atom is 0.515 e. The number of halogens is 2. The minimum Gasteiger partial charge on any atom is -0.376 e. The molecule has 0 unspecified atom stereocenters. The van der Waals surface area contributed by atoms with Crippen LogP contribution < -0.4 is 0 Å². The van der Waals surface area contributed by atoms with E-state index in [1.165, 1.54) is 14.2 Å². The molecule has 0 amide bonds. The summed E-state index contributed by atoms with van der Waals surface area (Å²) in [5.74, 6) is 0.415. The van der Waals surface area contributed by atoms with Gasteiger partial charge in [0, 0.05) is 20.1 Å². The SMILES string of the molecule is CO[Si](CCl)(OC)OCCCl. The Labute approximate surface area is 77.9 Å². The van der Waals surface area contributed by atoms with Gasteiger partial charge < -0.3 is 13.3 Å². The lowest BCUT2D eigenvalue weighted by Crippen LogP contribution is -2.46. The van der Waals surface area contributed by atoms with Gasteiger partial charge in [-0.1, -0.05) is 0 Å². The normalized spacial score (nSPS) is 12.0. The van der Waals surface area contributed by atoms with Crippen LogP contribution in [0.1, 0.15) is 0 Å². The smallest absolute Gasteiger partial charge is 0.376 e. The van der Waals surface area contributed by atoms with Gasteiger partial charge in [0.05, 0.1) is 12.1 Å². The van der Waals surface area contributed by atoms with Crippen molar-refractivity contribution in [2.24, 2.45) is 0 Å². The summed E-state index contributed by atoms with van der Waals surface area (Å²) in [6, 6.07) is 0. The molecule has 0 bridgehead atoms. The van der Waals surface area contributed by atoms with Crippen molar-refractivity contribution in [3.63, 3.8) is 0 Å². The van der Waals surface area contributed by atoms with Gasteiger partial charge in [-0.3, -0.25) is 0 Å². The third-order valence-electron chi connectivity index (χ3n) is 1.18. The second-order valence-electron chi connectivity index (χ2n) is 1.76. The van der Waals surface area contributed by atoms with Crippen molar-refractivity contribution in [1.29, 1.82) is 0 Å². The summed E-state index contributed by atoms with van der Waals surface area (Å²) in [6.07, 6.45) is 0. The van der Waals surface area contributed by atoms with Crippen LogP contribution in [-0.4, -0.2) is 41.0 Å². The first-order chi connectivity index (χ1) is 5.24. The molecule has 0 saturated heterocycles. The van der Waals surface area contributed by atoms with Crippen molar-refractivity contribution in [1.82, 2.24) is 0 Å². The molecule has 0 aliphatic rings. The summed E-state index contributed by atoms with van der Waals surface area (Å²) < 4.78 is 15.3. The van der Waals surface area contributed by atoms with Crippen LogP contribution in [0.2, 0.25) is 0 Å². The highest BCUT2D eigenvalue weighted by atomic mass is 35.5. The van der Waals surface area contributed by atoms with Gasteiger partial charge in [-0.15, -0.1) is 23.2 Å². The summed E-state index contributed by atoms with van der Waals surface area (Å²) >= 11 is 11.0. The van der Waals surface area contributed by atoms with Crippen LogP contribution in [0.15, 0.2) is 0 Å². The van der Waals surface area contributed by atoms with Crippen LogP contribution in [0.3, 0.4) is 0 Å². The molecule has 0 fully saturated rings. The fourth-order valence-electron chi connectivity index (χ4n) is 0.543. The molecular weight excluding hydrogens is 207 g/mol. The molecule has 0 spiro atoms. The Kier molecular flexibility index (Phi) is 6.60. The highest BCUT2D eigenvalue weighted by molar-refractivity contribution is 6.69. The average Bonchev–Trinajstić information content (AvgIpc) is 2.08. The molecular formula is C5H12Cl2O3Si. The average molecular weight is 219 g/mol. The Balaban J connectivity index is 3.84. The van der Waals surface area contributed by atoms with Crippen LogP contribution >= 0.6 is 23.2 Å². The fourth-order valence-corrected chi connectivity index (χ4v) is 2.75. The van der Waals surface area contributed by atoms with E-state index in [0.717, 1.165) is 0 Å². The lowest BCUT2D eigenvalue weighted by molar-refractivity contribution is 0.111. The first-order valence-electron chi connectivity index (χ1n) is 3.11. The van der Waals surface area contributed by atoms with E-state index in [0.29, 0.717) is 12.5 Å². The van der Waals surface area contributed by atoms with E-state index in [2.05, 4.69) is 0 Å². The maximum atomic E-state index is 5.60. The Morgan fingerprint density at radius 1 is 1.18 bits per heavy atom. The summed E-state index contributed by atoms with van der Waals surface area (Å²) in [5, 5.41) is 0. The molecule has 0 radical (unpaired) electrons. The van der Waals surface area contributed by atoms with Crippen LogP contribution in [-0.2, 0) is 13.3 Å². The fraction of sp³-hybridized carbons (Fsp3) is 1.00. The number of hydrogen-bond donors (Lipinski definition) is 0. The van der Waals surface area contributed by atoms with Gasteiger partial charge in [0.1, 0.15) is 0 Å². The Morgan fingerprint density at radius 3 is 2.00 bits per heavy atom. The van der Waals surface area contributed by atoms with Crippen molar-refractivity contribution in [2.45, 2.75) is 0 Å². The van der Waals surface area contributed by atoms with Crippen molar-refractivity contribution >= 4 is 32.0 Å². The Hall–Kier alpha value is 0.677. The number of rotatable bonds is 6. The van der Waals surface area contributed by atoms with Crippen LogP contribution in [0, 0.1) is 0 Å². The van der Waals surface area contributed by atoms with Gasteiger partial charge in [0.2, 0.25) is 0 Å². The number of alkyl halides is 2. The molecule has 0 aromatic carbocycles. The van der Waals surface area contributed by atoms with Crippen molar-refractivity contribution in [3.8, 4) is 0 Å². The first kappa shape index (κ1) is 11.7. The monoisotopic (exact) mass is 218 g/mol. The zero-order valence-electron chi connectivity index (χ0n) is 6.60. The highest BCUT2D eigenvalue weighted by Crippen LogP contribution is 2.08. The van der Waals surface area contributed by atoms with Gasteiger partial charge in [0.25, 0.3) is 0 Å². The minimum atomic E-state index is -2.56. The molecule has 0 atom stereocenters. The Bertz CT molecular complexity index is 91.5. The van der Waals surface area contributed by atoms with E-state index in [4.69, 9.17) is 36.5 Å². The zero-order chi connectivity index (χ0) is 8.74. The molecule has 0 aromatic rings. The molecule has 11 heavy (non-hydrogen) atoms. The van der Waals surface area contributed by atoms with Gasteiger partial charge in [-0.25, -0.2) is 0 Å². The second-order valence-corrected chi connectivity index (χ2v) is 5.68. The summed E-state index contributed by atoms with van der Waals surface area (Å²) in [5.41, 5.74) is 0.247. The summed E-state index contributed by atoms with van der Waals surface area (Å²) in [6.45, 7) is 0.405. The molecule has 68 valence electrons. The molecule has 0 aliphatic heterocycles. The van der Waals surface area contributed by atoms with E-state index < -0.39 is 8.80 Å². The molecule has 0 aromatic heterocycles. The third kappa shape index (κ3) is 3.73. The van der Waals surface area contributed by atoms with E-state index >= 15 is 0 Å². The largest absolute Gasteiger partial charge is 0.515 e.